The van der Waals surface area contributed by atoms with Crippen molar-refractivity contribution in [2.45, 2.75) is 0 Å². The van der Waals surface area contributed by atoms with E-state index in [1.54, 1.807) is 0 Å². The first-order valence-electron chi connectivity index (χ1n) is 0.617. The van der Waals surface area contributed by atoms with Gasteiger partial charge in [0.2, 0.25) is 0 Å². The summed E-state index contributed by atoms with van der Waals surface area (Å²) in [5, 5.41) is 0. The quantitative estimate of drug-likeness (QED) is 0.492. The maximum atomic E-state index is 8.64. The van der Waals surface area contributed by atoms with Crippen LogP contribution >= 0.6 is 0 Å². The summed E-state index contributed by atoms with van der Waals surface area (Å²) in [5.41, 5.74) is 0. The zero-order valence-electron chi connectivity index (χ0n) is 2.31. The minimum absolute atomic E-state index is 0. The first-order chi connectivity index (χ1) is 2.00. The fraction of sp³-hybridized carbons (Fsp3) is 0. The van der Waals surface area contributed by atoms with E-state index in [-0.39, 0.29) is 22.4 Å². The third kappa shape index (κ3) is 116. The number of hydrogen-bond donors (Lipinski definition) is 0. The SMILES string of the molecule is [Ag+].[O]=[Re](=[O])(=[O])[O-]. The molecule has 6 heavy (non-hydrogen) atoms. The fourth-order valence-electron chi connectivity index (χ4n) is 0. The van der Waals surface area contributed by atoms with E-state index >= 15 is 0 Å². The summed E-state index contributed by atoms with van der Waals surface area (Å²) >= 11 is -6.11. The zero-order chi connectivity index (χ0) is 4.50. The van der Waals surface area contributed by atoms with Crippen LogP contribution in [-0.2, 0) is 48.6 Å². The Labute approximate surface area is 52.4 Å². The van der Waals surface area contributed by atoms with Crippen LogP contribution < -0.4 is 3.83 Å². The zero-order valence-corrected chi connectivity index (χ0v) is 6.51. The summed E-state index contributed by atoms with van der Waals surface area (Å²) in [6, 6.07) is 0. The van der Waals surface area contributed by atoms with Crippen LogP contribution in [0, 0.1) is 0 Å². The molecule has 0 rings (SSSR count). The van der Waals surface area contributed by atoms with E-state index in [2.05, 4.69) is 0 Å². The topological polar surface area (TPSA) is 74.3 Å². The molecule has 0 saturated heterocycles. The van der Waals surface area contributed by atoms with E-state index in [4.69, 9.17) is 14.2 Å². The molecule has 0 heterocycles. The molecule has 0 aromatic rings. The van der Waals surface area contributed by atoms with Gasteiger partial charge in [0.15, 0.2) is 0 Å². The Kier molecular flexibility index (Phi) is 4.72. The molecule has 0 aliphatic carbocycles. The van der Waals surface area contributed by atoms with Gasteiger partial charge in [0.1, 0.15) is 0 Å². The normalized spacial score (nSPS) is 9.50. The van der Waals surface area contributed by atoms with Crippen molar-refractivity contribution in [1.82, 2.24) is 0 Å². The third-order valence-electron chi connectivity index (χ3n) is 0. The summed E-state index contributed by atoms with van der Waals surface area (Å²) in [6.45, 7) is 0. The van der Waals surface area contributed by atoms with Crippen molar-refractivity contribution < 1.29 is 52.4 Å². The van der Waals surface area contributed by atoms with Gasteiger partial charge in [-0.05, 0) is 0 Å². The monoisotopic (exact) mass is 358 g/mol. The minimum atomic E-state index is -6.11. The van der Waals surface area contributed by atoms with Gasteiger partial charge in [-0.15, -0.1) is 0 Å². The second kappa shape index (κ2) is 2.86. The molecule has 4 nitrogen and oxygen atoms in total. The molecule has 0 aromatic carbocycles. The van der Waals surface area contributed by atoms with E-state index in [0.29, 0.717) is 0 Å². The second-order valence-corrected chi connectivity index (χ2v) is 3.09. The molecule has 0 bridgehead atoms. The van der Waals surface area contributed by atoms with E-state index in [0.717, 1.165) is 0 Å². The molecular formula is AgO4Re. The molecule has 0 atom stereocenters. The molecule has 0 spiro atoms. The molecule has 42 valence electrons. The first kappa shape index (κ1) is 9.90. The summed E-state index contributed by atoms with van der Waals surface area (Å²) < 4.78 is 34.6. The summed E-state index contributed by atoms with van der Waals surface area (Å²) in [6.07, 6.45) is 0. The van der Waals surface area contributed by atoms with Crippen LogP contribution in [0.5, 0.6) is 0 Å². The van der Waals surface area contributed by atoms with E-state index in [1.165, 1.54) is 0 Å². The van der Waals surface area contributed by atoms with Gasteiger partial charge >= 0.3 is 52.4 Å². The third-order valence-corrected chi connectivity index (χ3v) is 0. The summed E-state index contributed by atoms with van der Waals surface area (Å²) in [7, 11) is 0. The van der Waals surface area contributed by atoms with Crippen molar-refractivity contribution >= 4 is 0 Å². The van der Waals surface area contributed by atoms with Crippen LogP contribution in [0.25, 0.3) is 0 Å². The molecule has 0 amide bonds. The van der Waals surface area contributed by atoms with Gasteiger partial charge in [-0.25, -0.2) is 0 Å². The van der Waals surface area contributed by atoms with Gasteiger partial charge in [0.05, 0.1) is 0 Å². The van der Waals surface area contributed by atoms with E-state index in [9.17, 15) is 0 Å². The predicted molar refractivity (Wildman–Crippen MR) is 2.06 cm³/mol. The van der Waals surface area contributed by atoms with Crippen molar-refractivity contribution in [3.63, 3.8) is 0 Å². The molecule has 0 N–H and O–H groups in total. The van der Waals surface area contributed by atoms with Crippen molar-refractivity contribution in [2.75, 3.05) is 0 Å². The van der Waals surface area contributed by atoms with Gasteiger partial charge in [-0.2, -0.15) is 0 Å². The Morgan fingerprint density at radius 3 is 1.17 bits per heavy atom. The van der Waals surface area contributed by atoms with Crippen LogP contribution in [0.1, 0.15) is 0 Å². The molecule has 0 aromatic heterocycles. The molecule has 0 aliphatic rings. The Morgan fingerprint density at radius 2 is 1.17 bits per heavy atom. The summed E-state index contributed by atoms with van der Waals surface area (Å²) in [4.78, 5) is 0. The molecular weight excluding hydrogens is 358 g/mol. The van der Waals surface area contributed by atoms with Crippen molar-refractivity contribution in [2.24, 2.45) is 0 Å². The van der Waals surface area contributed by atoms with Gasteiger partial charge in [-0.1, -0.05) is 0 Å². The van der Waals surface area contributed by atoms with Crippen LogP contribution in [0.15, 0.2) is 0 Å². The molecule has 0 aliphatic heterocycles. The Balaban J connectivity index is 0. The molecule has 6 heteroatoms. The predicted octanol–water partition coefficient (Wildman–Crippen LogP) is -1.55. The number of rotatable bonds is 0. The van der Waals surface area contributed by atoms with Crippen LogP contribution in [-0.4, -0.2) is 0 Å². The molecule has 0 saturated carbocycles. The second-order valence-electron chi connectivity index (χ2n) is 0.378. The Bertz CT molecular complexity index is 129. The molecule has 0 fully saturated rings. The average Bonchev–Trinajstić information content (AvgIpc) is 0.722. The average molecular weight is 358 g/mol. The number of hydrogen-bond acceptors (Lipinski definition) is 4. The molecule has 0 unspecified atom stereocenters. The van der Waals surface area contributed by atoms with Gasteiger partial charge < -0.3 is 0 Å². The van der Waals surface area contributed by atoms with Crippen LogP contribution in [0.4, 0.5) is 0 Å². The van der Waals surface area contributed by atoms with Gasteiger partial charge in [-0.3, -0.25) is 0 Å². The maximum absolute atomic E-state index is 8.64. The molecule has 0 radical (unpaired) electrons. The first-order valence-corrected chi connectivity index (χ1v) is 5.05. The standard InChI is InChI=1S/Ag.4O.Re/q+1;;;;-1;. The van der Waals surface area contributed by atoms with Crippen LogP contribution in [0.2, 0.25) is 0 Å². The van der Waals surface area contributed by atoms with Crippen molar-refractivity contribution in [1.29, 1.82) is 0 Å². The Morgan fingerprint density at radius 1 is 1.17 bits per heavy atom. The van der Waals surface area contributed by atoms with Crippen LogP contribution in [0.3, 0.4) is 0 Å². The van der Waals surface area contributed by atoms with Crippen molar-refractivity contribution in [3.05, 3.63) is 0 Å². The summed E-state index contributed by atoms with van der Waals surface area (Å²) in [5.74, 6) is 0. The van der Waals surface area contributed by atoms with Gasteiger partial charge in [0, 0.05) is 0 Å². The van der Waals surface area contributed by atoms with Crippen molar-refractivity contribution in [3.8, 4) is 0 Å². The van der Waals surface area contributed by atoms with E-state index < -0.39 is 15.8 Å². The van der Waals surface area contributed by atoms with E-state index in [1.807, 2.05) is 0 Å². The Hall–Kier alpha value is 0.763. The van der Waals surface area contributed by atoms with Gasteiger partial charge in [0.25, 0.3) is 0 Å². The fourth-order valence-corrected chi connectivity index (χ4v) is 0.